The molecule has 0 aromatic heterocycles. The van der Waals surface area contributed by atoms with Gasteiger partial charge in [0.15, 0.2) is 0 Å². The molecule has 4 nitrogen and oxygen atoms in total. The first-order chi connectivity index (χ1) is 10.1. The van der Waals surface area contributed by atoms with Crippen LogP contribution in [0, 0.1) is 0 Å². The van der Waals surface area contributed by atoms with Crippen LogP contribution in [0.1, 0.15) is 22.8 Å². The van der Waals surface area contributed by atoms with Crippen LogP contribution in [0.2, 0.25) is 0 Å². The summed E-state index contributed by atoms with van der Waals surface area (Å²) in [7, 11) is 1.55. The van der Waals surface area contributed by atoms with Crippen molar-refractivity contribution in [2.75, 3.05) is 13.7 Å². The molecule has 0 aliphatic carbocycles. The molecule has 2 aromatic rings. The number of amides is 1. The molecule has 1 atom stereocenters. The highest BCUT2D eigenvalue weighted by atomic mass is 16.5. The number of hydrogen-bond acceptors (Lipinski definition) is 3. The fourth-order valence-corrected chi connectivity index (χ4v) is 2.10. The van der Waals surface area contributed by atoms with Crippen molar-refractivity contribution in [1.82, 2.24) is 5.32 Å². The minimum atomic E-state index is -0.832. The molecule has 0 saturated carbocycles. The number of benzene rings is 2. The van der Waals surface area contributed by atoms with Gasteiger partial charge in [0, 0.05) is 5.56 Å². The zero-order chi connectivity index (χ0) is 15.3. The van der Waals surface area contributed by atoms with E-state index < -0.39 is 5.54 Å². The van der Waals surface area contributed by atoms with Crippen molar-refractivity contribution in [2.24, 2.45) is 0 Å². The summed E-state index contributed by atoms with van der Waals surface area (Å²) >= 11 is 0. The standard InChI is InChI=1S/C17H19NO3/c1-17(12-19,14-8-4-3-5-9-14)18-16(20)13-7-6-10-15(11-13)21-2/h3-11,19H,12H2,1-2H3,(H,18,20). The molecule has 0 aliphatic heterocycles. The number of methoxy groups -OCH3 is 1. The number of carbonyl (C=O) groups excluding carboxylic acids is 1. The molecule has 0 bridgehead atoms. The molecule has 0 saturated heterocycles. The lowest BCUT2D eigenvalue weighted by Crippen LogP contribution is -2.46. The second kappa shape index (κ2) is 6.41. The van der Waals surface area contributed by atoms with Crippen molar-refractivity contribution < 1.29 is 14.6 Å². The highest BCUT2D eigenvalue weighted by Crippen LogP contribution is 2.21. The second-order valence-corrected chi connectivity index (χ2v) is 5.04. The van der Waals surface area contributed by atoms with E-state index in [-0.39, 0.29) is 12.5 Å². The van der Waals surface area contributed by atoms with Gasteiger partial charge in [-0.2, -0.15) is 0 Å². The maximum Gasteiger partial charge on any atom is 0.252 e. The SMILES string of the molecule is COc1cccc(C(=O)NC(C)(CO)c2ccccc2)c1. The van der Waals surface area contributed by atoms with Crippen LogP contribution in [0.4, 0.5) is 0 Å². The molecule has 0 radical (unpaired) electrons. The minimum Gasteiger partial charge on any atom is -0.497 e. The molecular weight excluding hydrogens is 266 g/mol. The summed E-state index contributed by atoms with van der Waals surface area (Å²) in [4.78, 5) is 12.4. The summed E-state index contributed by atoms with van der Waals surface area (Å²) in [6.07, 6.45) is 0. The molecule has 2 N–H and O–H groups in total. The lowest BCUT2D eigenvalue weighted by Gasteiger charge is -2.29. The fourth-order valence-electron chi connectivity index (χ4n) is 2.10. The van der Waals surface area contributed by atoms with Gasteiger partial charge in [-0.15, -0.1) is 0 Å². The molecule has 1 unspecified atom stereocenters. The van der Waals surface area contributed by atoms with Gasteiger partial charge in [-0.1, -0.05) is 36.4 Å². The van der Waals surface area contributed by atoms with Gasteiger partial charge in [-0.05, 0) is 30.7 Å². The number of aliphatic hydroxyl groups is 1. The number of nitrogens with one attached hydrogen (secondary N) is 1. The molecule has 0 spiro atoms. The van der Waals surface area contributed by atoms with E-state index in [1.54, 1.807) is 38.3 Å². The number of aliphatic hydroxyl groups excluding tert-OH is 1. The number of carbonyl (C=O) groups is 1. The average molecular weight is 285 g/mol. The van der Waals surface area contributed by atoms with Crippen LogP contribution in [0.15, 0.2) is 54.6 Å². The molecular formula is C17H19NO3. The van der Waals surface area contributed by atoms with Gasteiger partial charge in [-0.3, -0.25) is 4.79 Å². The lowest BCUT2D eigenvalue weighted by atomic mass is 9.92. The van der Waals surface area contributed by atoms with Crippen molar-refractivity contribution in [2.45, 2.75) is 12.5 Å². The predicted molar refractivity (Wildman–Crippen MR) is 81.3 cm³/mol. The van der Waals surface area contributed by atoms with Crippen molar-refractivity contribution in [3.05, 3.63) is 65.7 Å². The number of ether oxygens (including phenoxy) is 1. The van der Waals surface area contributed by atoms with Gasteiger partial charge in [0.1, 0.15) is 5.75 Å². The van der Waals surface area contributed by atoms with Crippen molar-refractivity contribution >= 4 is 5.91 Å². The number of rotatable bonds is 5. The van der Waals surface area contributed by atoms with Crippen LogP contribution in [-0.2, 0) is 5.54 Å². The van der Waals surface area contributed by atoms with Crippen LogP contribution in [0.3, 0.4) is 0 Å². The molecule has 21 heavy (non-hydrogen) atoms. The van der Waals surface area contributed by atoms with E-state index in [0.29, 0.717) is 11.3 Å². The Morgan fingerprint density at radius 3 is 2.52 bits per heavy atom. The monoisotopic (exact) mass is 285 g/mol. The summed E-state index contributed by atoms with van der Waals surface area (Å²) in [5.41, 5.74) is 0.509. The van der Waals surface area contributed by atoms with E-state index in [2.05, 4.69) is 5.32 Å². The van der Waals surface area contributed by atoms with Crippen molar-refractivity contribution in [1.29, 1.82) is 0 Å². The van der Waals surface area contributed by atoms with Gasteiger partial charge < -0.3 is 15.2 Å². The Morgan fingerprint density at radius 1 is 1.19 bits per heavy atom. The Bertz CT molecular complexity index is 612. The first-order valence-electron chi connectivity index (χ1n) is 6.72. The van der Waals surface area contributed by atoms with Crippen molar-refractivity contribution in [3.8, 4) is 5.75 Å². The topological polar surface area (TPSA) is 58.6 Å². The van der Waals surface area contributed by atoms with Crippen LogP contribution in [0.25, 0.3) is 0 Å². The van der Waals surface area contributed by atoms with E-state index in [9.17, 15) is 9.90 Å². The zero-order valence-corrected chi connectivity index (χ0v) is 12.2. The summed E-state index contributed by atoms with van der Waals surface area (Å²) in [5.74, 6) is 0.363. The van der Waals surface area contributed by atoms with Gasteiger partial charge >= 0.3 is 0 Å². The van der Waals surface area contributed by atoms with Crippen LogP contribution in [0.5, 0.6) is 5.75 Å². The summed E-state index contributed by atoms with van der Waals surface area (Å²) in [6.45, 7) is 1.60. The van der Waals surface area contributed by atoms with E-state index in [1.807, 2.05) is 30.3 Å². The highest BCUT2D eigenvalue weighted by molar-refractivity contribution is 5.95. The average Bonchev–Trinajstić information content (AvgIpc) is 2.55. The van der Waals surface area contributed by atoms with Gasteiger partial charge in [0.25, 0.3) is 5.91 Å². The van der Waals surface area contributed by atoms with Crippen LogP contribution >= 0.6 is 0 Å². The Morgan fingerprint density at radius 2 is 1.90 bits per heavy atom. The van der Waals surface area contributed by atoms with E-state index in [1.165, 1.54) is 0 Å². The van der Waals surface area contributed by atoms with Crippen LogP contribution in [-0.4, -0.2) is 24.7 Å². The quantitative estimate of drug-likeness (QED) is 0.886. The Balaban J connectivity index is 2.23. The first-order valence-corrected chi connectivity index (χ1v) is 6.72. The van der Waals surface area contributed by atoms with Gasteiger partial charge in [0.05, 0.1) is 19.3 Å². The van der Waals surface area contributed by atoms with Gasteiger partial charge in [0.2, 0.25) is 0 Å². The molecule has 0 heterocycles. The van der Waals surface area contributed by atoms with E-state index in [0.717, 1.165) is 5.56 Å². The van der Waals surface area contributed by atoms with Crippen molar-refractivity contribution in [3.63, 3.8) is 0 Å². The Labute approximate surface area is 124 Å². The highest BCUT2D eigenvalue weighted by Gasteiger charge is 2.28. The third-order valence-electron chi connectivity index (χ3n) is 3.45. The predicted octanol–water partition coefficient (Wildman–Crippen LogP) is 2.33. The molecule has 2 aromatic carbocycles. The largest absolute Gasteiger partial charge is 0.497 e. The molecule has 0 aliphatic rings. The fraction of sp³-hybridized carbons (Fsp3) is 0.235. The maximum atomic E-state index is 12.4. The molecule has 1 amide bonds. The smallest absolute Gasteiger partial charge is 0.252 e. The Hall–Kier alpha value is -2.33. The lowest BCUT2D eigenvalue weighted by molar-refractivity contribution is 0.0849. The molecule has 0 fully saturated rings. The third-order valence-corrected chi connectivity index (χ3v) is 3.45. The summed E-state index contributed by atoms with van der Waals surface area (Å²) < 4.78 is 5.12. The normalized spacial score (nSPS) is 13.3. The zero-order valence-electron chi connectivity index (χ0n) is 12.2. The molecule has 4 heteroatoms. The maximum absolute atomic E-state index is 12.4. The number of hydrogen-bond donors (Lipinski definition) is 2. The van der Waals surface area contributed by atoms with Gasteiger partial charge in [-0.25, -0.2) is 0 Å². The van der Waals surface area contributed by atoms with Crippen LogP contribution < -0.4 is 10.1 Å². The van der Waals surface area contributed by atoms with E-state index in [4.69, 9.17) is 4.74 Å². The minimum absolute atomic E-state index is 0.188. The Kier molecular flexibility index (Phi) is 4.60. The summed E-state index contributed by atoms with van der Waals surface area (Å²) in [6, 6.07) is 16.3. The third kappa shape index (κ3) is 3.41. The van der Waals surface area contributed by atoms with E-state index >= 15 is 0 Å². The first kappa shape index (κ1) is 15.1. The summed E-state index contributed by atoms with van der Waals surface area (Å²) in [5, 5.41) is 12.6. The molecule has 110 valence electrons. The molecule has 2 rings (SSSR count). The second-order valence-electron chi connectivity index (χ2n) is 5.04.